The highest BCUT2D eigenvalue weighted by atomic mass is 16.5. The molecule has 0 bridgehead atoms. The quantitative estimate of drug-likeness (QED) is 0.0772. The first-order valence-corrected chi connectivity index (χ1v) is 17.6. The third kappa shape index (κ3) is 13.2. The molecule has 4 aromatic carbocycles. The second-order valence-electron chi connectivity index (χ2n) is 13.0. The minimum Gasteiger partial charge on any atom is -0.445 e. The Morgan fingerprint density at radius 2 is 1.11 bits per heavy atom. The molecule has 0 aliphatic heterocycles. The van der Waals surface area contributed by atoms with E-state index in [1.165, 1.54) is 0 Å². The van der Waals surface area contributed by atoms with E-state index in [1.807, 2.05) is 84.9 Å². The Hall–Kier alpha value is -5.56. The molecule has 0 saturated heterocycles. The number of alkyl carbamates (subject to hydrolysis) is 1. The van der Waals surface area contributed by atoms with Gasteiger partial charge in [-0.25, -0.2) is 4.79 Å². The maximum absolute atomic E-state index is 14.1. The van der Waals surface area contributed by atoms with Gasteiger partial charge in [-0.15, -0.1) is 0 Å². The molecule has 0 aliphatic rings. The molecule has 4 rings (SSSR count). The van der Waals surface area contributed by atoms with Gasteiger partial charge in [-0.2, -0.15) is 0 Å². The molecule has 5 atom stereocenters. The van der Waals surface area contributed by atoms with E-state index in [9.17, 15) is 29.4 Å². The Morgan fingerprint density at radius 3 is 1.64 bits per heavy atom. The summed E-state index contributed by atoms with van der Waals surface area (Å²) in [5, 5.41) is 36.1. The van der Waals surface area contributed by atoms with Gasteiger partial charge in [-0.1, -0.05) is 135 Å². The van der Waals surface area contributed by atoms with E-state index in [0.717, 1.165) is 22.3 Å². The van der Waals surface area contributed by atoms with Crippen LogP contribution in [0.3, 0.4) is 0 Å². The van der Waals surface area contributed by atoms with Gasteiger partial charge in [-0.3, -0.25) is 19.7 Å². The lowest BCUT2D eigenvalue weighted by Gasteiger charge is -2.33. The Balaban J connectivity index is 1.54. The fraction of sp³-hybridized carbons (Fsp3) is 0.317. The number of carbonyl (C=O) groups excluding carboxylic acids is 4. The van der Waals surface area contributed by atoms with Crippen LogP contribution in [0.15, 0.2) is 121 Å². The second-order valence-corrected chi connectivity index (χ2v) is 13.0. The maximum Gasteiger partial charge on any atom is 0.408 e. The molecule has 4 amide bonds. The third-order valence-electron chi connectivity index (χ3n) is 8.59. The number of rotatable bonds is 19. The summed E-state index contributed by atoms with van der Waals surface area (Å²) < 4.78 is 5.23. The van der Waals surface area contributed by atoms with E-state index in [-0.39, 0.29) is 32.0 Å². The highest BCUT2D eigenvalue weighted by Crippen LogP contribution is 2.13. The summed E-state index contributed by atoms with van der Waals surface area (Å²) in [6.45, 7) is 3.26. The highest BCUT2D eigenvalue weighted by Gasteiger charge is 2.37. The zero-order chi connectivity index (χ0) is 38.0. The molecule has 12 heteroatoms. The molecule has 7 N–H and O–H groups in total. The van der Waals surface area contributed by atoms with Gasteiger partial charge in [0.2, 0.25) is 17.7 Å². The molecule has 12 nitrogen and oxygen atoms in total. The van der Waals surface area contributed by atoms with Crippen molar-refractivity contribution in [1.82, 2.24) is 26.6 Å². The molecule has 0 saturated carbocycles. The number of benzene rings is 4. The number of hydrogen-bond acceptors (Lipinski definition) is 8. The van der Waals surface area contributed by atoms with Gasteiger partial charge >= 0.3 is 6.09 Å². The van der Waals surface area contributed by atoms with E-state index in [2.05, 4.69) is 26.6 Å². The fourth-order valence-electron chi connectivity index (χ4n) is 5.61. The van der Waals surface area contributed by atoms with Gasteiger partial charge in [0.1, 0.15) is 24.7 Å². The summed E-state index contributed by atoms with van der Waals surface area (Å²) in [4.78, 5) is 53.7. The Morgan fingerprint density at radius 1 is 0.604 bits per heavy atom. The number of hydrogen-bond donors (Lipinski definition) is 7. The van der Waals surface area contributed by atoms with Crippen LogP contribution in [0.4, 0.5) is 4.79 Å². The maximum atomic E-state index is 14.1. The summed E-state index contributed by atoms with van der Waals surface area (Å²) in [5.74, 6) is -2.15. The lowest BCUT2D eigenvalue weighted by Crippen LogP contribution is -2.63. The molecule has 4 aromatic rings. The summed E-state index contributed by atoms with van der Waals surface area (Å²) in [6, 6.07) is 31.9. The van der Waals surface area contributed by atoms with Crippen LogP contribution in [0.5, 0.6) is 0 Å². The van der Waals surface area contributed by atoms with Crippen molar-refractivity contribution >= 4 is 23.8 Å². The highest BCUT2D eigenvalue weighted by molar-refractivity contribution is 5.90. The van der Waals surface area contributed by atoms with Gasteiger partial charge in [-0.05, 0) is 34.6 Å². The fourth-order valence-corrected chi connectivity index (χ4v) is 5.61. The summed E-state index contributed by atoms with van der Waals surface area (Å²) in [6.07, 6.45) is -2.38. The van der Waals surface area contributed by atoms with Crippen molar-refractivity contribution in [2.24, 2.45) is 5.92 Å². The smallest absolute Gasteiger partial charge is 0.408 e. The average molecular weight is 724 g/mol. The number of carbonyl (C=O) groups is 4. The molecular formula is C41H49N5O7. The van der Waals surface area contributed by atoms with E-state index in [1.54, 1.807) is 50.2 Å². The van der Waals surface area contributed by atoms with E-state index < -0.39 is 60.7 Å². The predicted molar refractivity (Wildman–Crippen MR) is 201 cm³/mol. The zero-order valence-corrected chi connectivity index (χ0v) is 30.0. The van der Waals surface area contributed by atoms with Crippen LogP contribution in [0.1, 0.15) is 36.1 Å². The van der Waals surface area contributed by atoms with Gasteiger partial charge in [0.15, 0.2) is 0 Å². The predicted octanol–water partition coefficient (Wildman–Crippen LogP) is 2.98. The van der Waals surface area contributed by atoms with Crippen molar-refractivity contribution in [3.05, 3.63) is 144 Å². The minimum atomic E-state index is -1.55. The van der Waals surface area contributed by atoms with Crippen molar-refractivity contribution in [3.63, 3.8) is 0 Å². The Labute approximate surface area is 310 Å². The number of amides is 4. The monoisotopic (exact) mass is 723 g/mol. The Kier molecular flexibility index (Phi) is 16.0. The lowest BCUT2D eigenvalue weighted by molar-refractivity contribution is -0.134. The van der Waals surface area contributed by atoms with E-state index in [4.69, 9.17) is 4.74 Å². The van der Waals surface area contributed by atoms with Crippen molar-refractivity contribution in [2.45, 2.75) is 70.2 Å². The molecular weight excluding hydrogens is 674 g/mol. The summed E-state index contributed by atoms with van der Waals surface area (Å²) in [5.41, 5.74) is 3.21. The van der Waals surface area contributed by atoms with Gasteiger partial charge < -0.3 is 36.2 Å². The van der Waals surface area contributed by atoms with E-state index >= 15 is 0 Å². The van der Waals surface area contributed by atoms with Crippen LogP contribution in [0.25, 0.3) is 0 Å². The topological polar surface area (TPSA) is 178 Å². The van der Waals surface area contributed by atoms with Gasteiger partial charge in [0.05, 0.1) is 18.8 Å². The molecule has 0 fully saturated rings. The molecule has 0 heterocycles. The van der Waals surface area contributed by atoms with Crippen LogP contribution in [-0.2, 0) is 45.2 Å². The van der Waals surface area contributed by atoms with Crippen LogP contribution in [0.2, 0.25) is 0 Å². The van der Waals surface area contributed by atoms with Crippen LogP contribution >= 0.6 is 0 Å². The summed E-state index contributed by atoms with van der Waals surface area (Å²) in [7, 11) is 0. The van der Waals surface area contributed by atoms with Gasteiger partial charge in [0.25, 0.3) is 0 Å². The number of nitrogens with one attached hydrogen (secondary N) is 5. The molecule has 0 aromatic heterocycles. The summed E-state index contributed by atoms with van der Waals surface area (Å²) >= 11 is 0. The molecule has 0 radical (unpaired) electrons. The molecule has 0 aliphatic carbocycles. The van der Waals surface area contributed by atoms with Gasteiger partial charge in [0, 0.05) is 13.1 Å². The zero-order valence-electron chi connectivity index (χ0n) is 30.0. The number of aliphatic hydroxyl groups excluding tert-OH is 2. The molecule has 280 valence electrons. The molecule has 0 unspecified atom stereocenters. The average Bonchev–Trinajstić information content (AvgIpc) is 3.18. The minimum absolute atomic E-state index is 0.0483. The number of ether oxygens (including phenoxy) is 1. The SMILES string of the molecule is CC(C)[C@H](NC(=O)[C@H](NCc1ccccc1)[C@H](O)[C@H](Cc1ccccc1)NC(=O)[C@H](CO)NC(=O)OCc1ccccc1)C(=O)NCc1ccccc1. The van der Waals surface area contributed by atoms with Crippen LogP contribution < -0.4 is 26.6 Å². The van der Waals surface area contributed by atoms with Crippen molar-refractivity contribution in [3.8, 4) is 0 Å². The van der Waals surface area contributed by atoms with Crippen molar-refractivity contribution in [2.75, 3.05) is 6.61 Å². The largest absolute Gasteiger partial charge is 0.445 e. The van der Waals surface area contributed by atoms with Crippen molar-refractivity contribution < 1.29 is 34.1 Å². The standard InChI is InChI=1S/C41H49N5O7/c1-28(2)35(39(50)43-25-31-19-11-5-12-20-31)46-40(51)36(42-24-30-17-9-4-10-18-30)37(48)33(23-29-15-7-3-8-16-29)44-38(49)34(26-47)45-41(52)53-27-32-21-13-6-14-22-32/h3-22,28,33-37,42,47-48H,23-27H2,1-2H3,(H,43,50)(H,44,49)(H,45,52)(H,46,51)/t33-,34-,35-,36+,37+/m0/s1. The van der Waals surface area contributed by atoms with Crippen LogP contribution in [-0.4, -0.2) is 70.9 Å². The first-order valence-electron chi connectivity index (χ1n) is 17.6. The third-order valence-corrected chi connectivity index (χ3v) is 8.59. The first-order chi connectivity index (χ1) is 25.6. The first kappa shape index (κ1) is 40.2. The normalized spacial score (nSPS) is 13.8. The van der Waals surface area contributed by atoms with Crippen LogP contribution in [0, 0.1) is 5.92 Å². The molecule has 0 spiro atoms. The van der Waals surface area contributed by atoms with E-state index in [0.29, 0.717) is 0 Å². The molecule has 53 heavy (non-hydrogen) atoms. The second kappa shape index (κ2) is 21.1. The lowest BCUT2D eigenvalue weighted by atomic mass is 9.94. The number of aliphatic hydroxyl groups is 2. The van der Waals surface area contributed by atoms with Crippen molar-refractivity contribution in [1.29, 1.82) is 0 Å². The Bertz CT molecular complexity index is 1710.